The molecule has 0 spiro atoms. The molecular formula is C13H17F2N. The fraction of sp³-hybridized carbons (Fsp3) is 0.538. The van der Waals surface area contributed by atoms with Gasteiger partial charge in [0, 0.05) is 12.1 Å². The lowest BCUT2D eigenvalue weighted by Gasteiger charge is -2.06. The van der Waals surface area contributed by atoms with E-state index >= 15 is 0 Å². The third-order valence-electron chi connectivity index (χ3n) is 2.96. The van der Waals surface area contributed by atoms with Gasteiger partial charge in [-0.05, 0) is 30.5 Å². The van der Waals surface area contributed by atoms with Gasteiger partial charge in [-0.2, -0.15) is 0 Å². The second-order valence-electron chi connectivity index (χ2n) is 4.45. The molecule has 1 aliphatic rings. The molecule has 3 heteroatoms. The van der Waals surface area contributed by atoms with Crippen LogP contribution < -0.4 is 5.32 Å². The van der Waals surface area contributed by atoms with Gasteiger partial charge in [0.25, 0.3) is 6.43 Å². The zero-order valence-electron chi connectivity index (χ0n) is 9.26. The van der Waals surface area contributed by atoms with Crippen LogP contribution in [0.4, 0.5) is 8.78 Å². The van der Waals surface area contributed by atoms with Gasteiger partial charge in [-0.15, -0.1) is 0 Å². The largest absolute Gasteiger partial charge is 0.313 e. The molecule has 1 fully saturated rings. The maximum absolute atomic E-state index is 12.4. The Hall–Kier alpha value is -0.960. The maximum atomic E-state index is 12.4. The van der Waals surface area contributed by atoms with Gasteiger partial charge in [-0.1, -0.05) is 31.0 Å². The standard InChI is InChI=1S/C13H17F2N/c14-13(15)12-3-1-2-11(8-12)9-16-7-6-10-4-5-10/h1-3,8,10,13,16H,4-7,9H2. The second kappa shape index (κ2) is 5.39. The second-order valence-corrected chi connectivity index (χ2v) is 4.45. The average Bonchev–Trinajstić information content (AvgIpc) is 3.09. The summed E-state index contributed by atoms with van der Waals surface area (Å²) in [6.07, 6.45) is 1.58. The quantitative estimate of drug-likeness (QED) is 0.730. The molecule has 0 amide bonds. The maximum Gasteiger partial charge on any atom is 0.263 e. The number of alkyl halides is 2. The lowest BCUT2D eigenvalue weighted by Crippen LogP contribution is -2.15. The topological polar surface area (TPSA) is 12.0 Å². The van der Waals surface area contributed by atoms with Crippen molar-refractivity contribution >= 4 is 0 Å². The number of rotatable bonds is 6. The predicted octanol–water partition coefficient (Wildman–Crippen LogP) is 3.51. The van der Waals surface area contributed by atoms with Crippen LogP contribution in [0.25, 0.3) is 0 Å². The molecule has 16 heavy (non-hydrogen) atoms. The van der Waals surface area contributed by atoms with E-state index in [1.165, 1.54) is 25.3 Å². The molecule has 1 nitrogen and oxygen atoms in total. The number of hydrogen-bond acceptors (Lipinski definition) is 1. The Labute approximate surface area is 94.9 Å². The molecular weight excluding hydrogens is 208 g/mol. The van der Waals surface area contributed by atoms with Crippen LogP contribution in [0.3, 0.4) is 0 Å². The number of nitrogens with one attached hydrogen (secondary N) is 1. The number of hydrogen-bond donors (Lipinski definition) is 1. The lowest BCUT2D eigenvalue weighted by atomic mass is 10.1. The molecule has 0 saturated heterocycles. The Kier molecular flexibility index (Phi) is 3.88. The van der Waals surface area contributed by atoms with Crippen molar-refractivity contribution in [3.8, 4) is 0 Å². The van der Waals surface area contributed by atoms with E-state index in [1.54, 1.807) is 12.1 Å². The summed E-state index contributed by atoms with van der Waals surface area (Å²) in [5.74, 6) is 0.917. The third kappa shape index (κ3) is 3.56. The van der Waals surface area contributed by atoms with Crippen molar-refractivity contribution in [1.29, 1.82) is 0 Å². The molecule has 0 aromatic heterocycles. The summed E-state index contributed by atoms with van der Waals surface area (Å²) < 4.78 is 24.9. The molecule has 0 unspecified atom stereocenters. The van der Waals surface area contributed by atoms with Crippen molar-refractivity contribution in [2.24, 2.45) is 5.92 Å². The van der Waals surface area contributed by atoms with Crippen LogP contribution >= 0.6 is 0 Å². The normalized spacial score (nSPS) is 15.7. The van der Waals surface area contributed by atoms with Crippen molar-refractivity contribution in [2.75, 3.05) is 6.54 Å². The molecule has 0 aliphatic heterocycles. The molecule has 0 radical (unpaired) electrons. The molecule has 0 bridgehead atoms. The molecule has 1 saturated carbocycles. The first-order chi connectivity index (χ1) is 7.75. The van der Waals surface area contributed by atoms with Crippen molar-refractivity contribution in [3.05, 3.63) is 35.4 Å². The van der Waals surface area contributed by atoms with Crippen LogP contribution in [-0.4, -0.2) is 6.54 Å². The minimum atomic E-state index is -2.37. The summed E-state index contributed by atoms with van der Waals surface area (Å²) in [5, 5.41) is 3.29. The Bertz CT molecular complexity index is 334. The van der Waals surface area contributed by atoms with Crippen molar-refractivity contribution in [1.82, 2.24) is 5.32 Å². The molecule has 0 heterocycles. The SMILES string of the molecule is FC(F)c1cccc(CNCCC2CC2)c1. The minimum absolute atomic E-state index is 0.112. The average molecular weight is 225 g/mol. The highest BCUT2D eigenvalue weighted by atomic mass is 19.3. The third-order valence-corrected chi connectivity index (χ3v) is 2.96. The van der Waals surface area contributed by atoms with Crippen molar-refractivity contribution in [3.63, 3.8) is 0 Å². The summed E-state index contributed by atoms with van der Waals surface area (Å²) in [5.41, 5.74) is 1.05. The first kappa shape index (κ1) is 11.5. The summed E-state index contributed by atoms with van der Waals surface area (Å²) >= 11 is 0. The van der Waals surface area contributed by atoms with E-state index in [9.17, 15) is 8.78 Å². The van der Waals surface area contributed by atoms with E-state index in [-0.39, 0.29) is 5.56 Å². The molecule has 88 valence electrons. The molecule has 1 aliphatic carbocycles. The van der Waals surface area contributed by atoms with Gasteiger partial charge in [0.2, 0.25) is 0 Å². The smallest absolute Gasteiger partial charge is 0.263 e. The van der Waals surface area contributed by atoms with E-state index in [4.69, 9.17) is 0 Å². The van der Waals surface area contributed by atoms with Gasteiger partial charge in [-0.25, -0.2) is 8.78 Å². The lowest BCUT2D eigenvalue weighted by molar-refractivity contribution is 0.151. The van der Waals surface area contributed by atoms with Gasteiger partial charge in [0.05, 0.1) is 0 Å². The first-order valence-corrected chi connectivity index (χ1v) is 5.83. The van der Waals surface area contributed by atoms with Crippen LogP contribution in [-0.2, 0) is 6.54 Å². The number of halogens is 2. The van der Waals surface area contributed by atoms with Gasteiger partial charge in [0.1, 0.15) is 0 Å². The summed E-state index contributed by atoms with van der Waals surface area (Å²) in [6.45, 7) is 1.68. The van der Waals surface area contributed by atoms with Gasteiger partial charge in [-0.3, -0.25) is 0 Å². The monoisotopic (exact) mass is 225 g/mol. The highest BCUT2D eigenvalue weighted by Crippen LogP contribution is 2.31. The molecule has 1 N–H and O–H groups in total. The van der Waals surface area contributed by atoms with Crippen LogP contribution in [0.1, 0.15) is 36.8 Å². The van der Waals surface area contributed by atoms with Crippen LogP contribution in [0.15, 0.2) is 24.3 Å². The van der Waals surface area contributed by atoms with Crippen LogP contribution in [0.2, 0.25) is 0 Å². The minimum Gasteiger partial charge on any atom is -0.313 e. The molecule has 1 aromatic carbocycles. The van der Waals surface area contributed by atoms with Gasteiger partial charge >= 0.3 is 0 Å². The van der Waals surface area contributed by atoms with E-state index < -0.39 is 6.43 Å². The predicted molar refractivity (Wildman–Crippen MR) is 60.4 cm³/mol. The number of benzene rings is 1. The Morgan fingerprint density at radius 2 is 2.12 bits per heavy atom. The molecule has 1 aromatic rings. The Morgan fingerprint density at radius 1 is 1.31 bits per heavy atom. The van der Waals surface area contributed by atoms with E-state index in [0.29, 0.717) is 6.54 Å². The van der Waals surface area contributed by atoms with Gasteiger partial charge < -0.3 is 5.32 Å². The highest BCUT2D eigenvalue weighted by molar-refractivity contribution is 5.24. The highest BCUT2D eigenvalue weighted by Gasteiger charge is 2.19. The van der Waals surface area contributed by atoms with Gasteiger partial charge in [0.15, 0.2) is 0 Å². The summed E-state index contributed by atoms with van der Waals surface area (Å²) in [4.78, 5) is 0. The molecule has 0 atom stereocenters. The first-order valence-electron chi connectivity index (χ1n) is 5.83. The van der Waals surface area contributed by atoms with Crippen LogP contribution in [0.5, 0.6) is 0 Å². The Morgan fingerprint density at radius 3 is 2.81 bits per heavy atom. The van der Waals surface area contributed by atoms with Crippen molar-refractivity contribution in [2.45, 2.75) is 32.2 Å². The van der Waals surface area contributed by atoms with E-state index in [1.807, 2.05) is 6.07 Å². The fourth-order valence-corrected chi connectivity index (χ4v) is 1.78. The van der Waals surface area contributed by atoms with E-state index in [0.717, 1.165) is 18.0 Å². The van der Waals surface area contributed by atoms with Crippen LogP contribution in [0, 0.1) is 5.92 Å². The zero-order valence-corrected chi connectivity index (χ0v) is 9.26. The van der Waals surface area contributed by atoms with Crippen molar-refractivity contribution < 1.29 is 8.78 Å². The fourth-order valence-electron chi connectivity index (χ4n) is 1.78. The molecule has 2 rings (SSSR count). The Balaban J connectivity index is 1.76. The van der Waals surface area contributed by atoms with E-state index in [2.05, 4.69) is 5.32 Å². The zero-order chi connectivity index (χ0) is 11.4. The summed E-state index contributed by atoms with van der Waals surface area (Å²) in [6, 6.07) is 6.63. The summed E-state index contributed by atoms with van der Waals surface area (Å²) in [7, 11) is 0.